The average molecular weight is 641 g/mol. The number of rotatable bonds is 15. The molecule has 1 amide bonds. The zero-order valence-corrected chi connectivity index (χ0v) is 27.7. The number of carbonyl (C=O) groups is 2. The number of halogens is 2. The summed E-state index contributed by atoms with van der Waals surface area (Å²) in [5.74, 6) is -0.277. The van der Waals surface area contributed by atoms with E-state index in [-0.39, 0.29) is 17.3 Å². The Labute approximate surface area is 269 Å². The van der Waals surface area contributed by atoms with Crippen LogP contribution >= 0.6 is 23.2 Å². The van der Waals surface area contributed by atoms with E-state index >= 15 is 0 Å². The van der Waals surface area contributed by atoms with Gasteiger partial charge in [-0.3, -0.25) is 4.79 Å². The Hall–Kier alpha value is -3.36. The lowest BCUT2D eigenvalue weighted by molar-refractivity contribution is 0.0497. The van der Waals surface area contributed by atoms with E-state index in [0.29, 0.717) is 50.5 Å². The first kappa shape index (κ1) is 33.5. The molecule has 2 N–H and O–H groups in total. The van der Waals surface area contributed by atoms with Gasteiger partial charge < -0.3 is 15.0 Å². The van der Waals surface area contributed by atoms with Crippen LogP contribution in [0.4, 0.5) is 5.69 Å². The highest BCUT2D eigenvalue weighted by molar-refractivity contribution is 6.34. The third kappa shape index (κ3) is 8.85. The fourth-order valence-corrected chi connectivity index (χ4v) is 5.63. The maximum atomic E-state index is 13.2. The number of ether oxygens (including phenoxy) is 1. The number of hydrogen-bond donors (Lipinski definition) is 2. The van der Waals surface area contributed by atoms with Crippen molar-refractivity contribution in [3.8, 4) is 11.4 Å². The second-order valence-electron chi connectivity index (χ2n) is 12.3. The molecular formula is C34H43Cl2N5O3. The lowest BCUT2D eigenvalue weighted by atomic mass is 9.92. The topological polar surface area (TPSA) is 101 Å². The number of unbranched alkanes of at least 4 members (excludes halogenated alkanes) is 9. The van der Waals surface area contributed by atoms with Crippen LogP contribution in [0.2, 0.25) is 10.0 Å². The molecule has 0 spiro atoms. The Bertz CT molecular complexity index is 1550. The monoisotopic (exact) mass is 639 g/mol. The first-order valence-electron chi connectivity index (χ1n) is 15.6. The highest BCUT2D eigenvalue weighted by Gasteiger charge is 2.26. The highest BCUT2D eigenvalue weighted by Crippen LogP contribution is 2.34. The Morgan fingerprint density at radius 1 is 0.864 bits per heavy atom. The van der Waals surface area contributed by atoms with Gasteiger partial charge in [0.2, 0.25) is 0 Å². The predicted octanol–water partition coefficient (Wildman–Crippen LogP) is 9.66. The fourth-order valence-electron chi connectivity index (χ4n) is 5.01. The SMILES string of the molecule is CCCCCCCCCCCCOC(=O)c1ccc(C(=O)Nc2ccc(Cl)cc2-c2nn3nc(C(C)(C)C)c(Cl)c3[nH]2)cc1. The number of nitrogens with zero attached hydrogens (tertiary/aromatic N) is 3. The largest absolute Gasteiger partial charge is 0.462 e. The second-order valence-corrected chi connectivity index (χ2v) is 13.1. The van der Waals surface area contributed by atoms with Crippen molar-refractivity contribution in [2.45, 2.75) is 97.3 Å². The van der Waals surface area contributed by atoms with Gasteiger partial charge in [0.25, 0.3) is 5.91 Å². The Balaban J connectivity index is 1.30. The minimum absolute atomic E-state index is 0.250. The Morgan fingerprint density at radius 2 is 1.48 bits per heavy atom. The number of aromatic amines is 1. The van der Waals surface area contributed by atoms with Crippen LogP contribution in [0.3, 0.4) is 0 Å². The van der Waals surface area contributed by atoms with E-state index in [1.54, 1.807) is 42.5 Å². The van der Waals surface area contributed by atoms with Gasteiger partial charge in [-0.15, -0.1) is 9.73 Å². The zero-order valence-electron chi connectivity index (χ0n) is 26.1. The number of H-pyrrole nitrogens is 1. The molecule has 10 heteroatoms. The molecule has 0 bridgehead atoms. The van der Waals surface area contributed by atoms with Gasteiger partial charge in [-0.25, -0.2) is 4.79 Å². The van der Waals surface area contributed by atoms with Crippen LogP contribution in [0, 0.1) is 0 Å². The number of benzene rings is 2. The summed E-state index contributed by atoms with van der Waals surface area (Å²) in [6.45, 7) is 8.72. The number of hydrogen-bond acceptors (Lipinski definition) is 5. The van der Waals surface area contributed by atoms with Gasteiger partial charge in [0, 0.05) is 21.6 Å². The van der Waals surface area contributed by atoms with Crippen LogP contribution < -0.4 is 5.32 Å². The third-order valence-corrected chi connectivity index (χ3v) is 8.14. The molecule has 0 unspecified atom stereocenters. The Kier molecular flexibility index (Phi) is 11.9. The standard InChI is InChI=1S/C34H43Cl2N5O3/c1-5-6-7-8-9-10-11-12-13-14-21-44-33(43)24-17-15-23(16-18-24)32(42)37-27-20-19-25(35)22-26(27)30-38-31-28(36)29(34(2,3)4)39-41(31)40-30/h15-20,22H,5-14,21H2,1-4H3,(H,37,42)(H,38,40). The number of anilines is 1. The van der Waals surface area contributed by atoms with Crippen LogP contribution in [-0.2, 0) is 10.2 Å². The quantitative estimate of drug-likeness (QED) is 0.0995. The molecular weight excluding hydrogens is 597 g/mol. The van der Waals surface area contributed by atoms with Crippen LogP contribution in [0.25, 0.3) is 17.0 Å². The van der Waals surface area contributed by atoms with Crippen LogP contribution in [-0.4, -0.2) is 38.3 Å². The van der Waals surface area contributed by atoms with Crippen molar-refractivity contribution in [2.75, 3.05) is 11.9 Å². The summed E-state index contributed by atoms with van der Waals surface area (Å²) in [6.07, 6.45) is 12.2. The molecule has 2 aromatic carbocycles. The van der Waals surface area contributed by atoms with Gasteiger partial charge in [0.1, 0.15) is 5.02 Å². The molecule has 4 aromatic rings. The maximum absolute atomic E-state index is 13.2. The van der Waals surface area contributed by atoms with Crippen LogP contribution in [0.1, 0.15) is 118 Å². The minimum atomic E-state index is -0.385. The van der Waals surface area contributed by atoms with Gasteiger partial charge in [0.05, 0.1) is 23.6 Å². The number of esters is 1. The molecule has 8 nitrogen and oxygen atoms in total. The number of amides is 1. The van der Waals surface area contributed by atoms with Crippen molar-refractivity contribution < 1.29 is 14.3 Å². The summed E-state index contributed by atoms with van der Waals surface area (Å²) >= 11 is 12.9. The summed E-state index contributed by atoms with van der Waals surface area (Å²) in [4.78, 5) is 28.9. The van der Waals surface area contributed by atoms with E-state index in [1.165, 1.54) is 56.0 Å². The fraction of sp³-hybridized carbons (Fsp3) is 0.471. The number of nitrogens with one attached hydrogen (secondary N) is 2. The molecule has 0 aliphatic heterocycles. The van der Waals surface area contributed by atoms with Crippen LogP contribution in [0.5, 0.6) is 0 Å². The van der Waals surface area contributed by atoms with Crippen molar-refractivity contribution >= 4 is 46.4 Å². The van der Waals surface area contributed by atoms with Crippen molar-refractivity contribution in [2.24, 2.45) is 0 Å². The third-order valence-electron chi connectivity index (χ3n) is 7.55. The van der Waals surface area contributed by atoms with Gasteiger partial charge in [-0.05, 0) is 48.9 Å². The normalized spacial score (nSPS) is 11.7. The minimum Gasteiger partial charge on any atom is -0.462 e. The van der Waals surface area contributed by atoms with Crippen molar-refractivity contribution in [1.82, 2.24) is 19.8 Å². The van der Waals surface area contributed by atoms with E-state index in [1.807, 2.05) is 20.8 Å². The van der Waals surface area contributed by atoms with E-state index in [0.717, 1.165) is 18.5 Å². The smallest absolute Gasteiger partial charge is 0.338 e. The molecule has 44 heavy (non-hydrogen) atoms. The summed E-state index contributed by atoms with van der Waals surface area (Å²) in [6, 6.07) is 11.5. The van der Waals surface area contributed by atoms with Gasteiger partial charge in [-0.1, -0.05) is 109 Å². The molecule has 0 aliphatic carbocycles. The van der Waals surface area contributed by atoms with E-state index < -0.39 is 0 Å². The molecule has 0 saturated carbocycles. The Morgan fingerprint density at radius 3 is 2.09 bits per heavy atom. The first-order chi connectivity index (χ1) is 21.1. The summed E-state index contributed by atoms with van der Waals surface area (Å²) in [5, 5.41) is 13.0. The molecule has 0 radical (unpaired) electrons. The summed E-state index contributed by atoms with van der Waals surface area (Å²) < 4.78 is 6.90. The van der Waals surface area contributed by atoms with Crippen molar-refractivity contribution in [3.05, 3.63) is 69.3 Å². The first-order valence-corrected chi connectivity index (χ1v) is 16.4. The second kappa shape index (κ2) is 15.6. The number of fused-ring (bicyclic) bond motifs is 1. The van der Waals surface area contributed by atoms with E-state index in [9.17, 15) is 9.59 Å². The molecule has 2 aromatic heterocycles. The molecule has 4 rings (SSSR count). The maximum Gasteiger partial charge on any atom is 0.338 e. The summed E-state index contributed by atoms with van der Waals surface area (Å²) in [7, 11) is 0. The van der Waals surface area contributed by atoms with E-state index in [2.05, 4.69) is 27.4 Å². The van der Waals surface area contributed by atoms with Crippen molar-refractivity contribution in [1.29, 1.82) is 0 Å². The van der Waals surface area contributed by atoms with Gasteiger partial charge in [-0.2, -0.15) is 5.10 Å². The molecule has 0 atom stereocenters. The van der Waals surface area contributed by atoms with Crippen molar-refractivity contribution in [3.63, 3.8) is 0 Å². The summed E-state index contributed by atoms with van der Waals surface area (Å²) in [5.41, 5.74) is 2.92. The molecule has 2 heterocycles. The number of carbonyl (C=O) groups excluding carboxylic acids is 2. The molecule has 0 saturated heterocycles. The lowest BCUT2D eigenvalue weighted by Crippen LogP contribution is -2.14. The highest BCUT2D eigenvalue weighted by atomic mass is 35.5. The van der Waals surface area contributed by atoms with E-state index in [4.69, 9.17) is 27.9 Å². The van der Waals surface area contributed by atoms with Gasteiger partial charge >= 0.3 is 5.97 Å². The predicted molar refractivity (Wildman–Crippen MR) is 178 cm³/mol. The zero-order chi connectivity index (χ0) is 31.7. The lowest BCUT2D eigenvalue weighted by Gasteiger charge is -2.14. The average Bonchev–Trinajstić information content (AvgIpc) is 3.56. The molecule has 236 valence electrons. The van der Waals surface area contributed by atoms with Gasteiger partial charge in [0.15, 0.2) is 11.5 Å². The molecule has 0 aliphatic rings. The number of aromatic nitrogens is 4. The molecule has 0 fully saturated rings. The van der Waals surface area contributed by atoms with Crippen LogP contribution in [0.15, 0.2) is 42.5 Å².